The van der Waals surface area contributed by atoms with Gasteiger partial charge in [0.15, 0.2) is 0 Å². The Hall–Kier alpha value is -2.01. The van der Waals surface area contributed by atoms with E-state index >= 15 is 0 Å². The van der Waals surface area contributed by atoms with Gasteiger partial charge in [-0.2, -0.15) is 0 Å². The first kappa shape index (κ1) is 19.0. The van der Waals surface area contributed by atoms with Gasteiger partial charge in [-0.05, 0) is 23.8 Å². The van der Waals surface area contributed by atoms with Crippen molar-refractivity contribution in [3.8, 4) is 5.75 Å². The fraction of sp³-hybridized carbons (Fsp3) is 0.438. The van der Waals surface area contributed by atoms with E-state index in [4.69, 9.17) is 10.2 Å². The molecule has 0 unspecified atom stereocenters. The second kappa shape index (κ2) is 9.83. The number of hydrogen-bond donors (Lipinski definition) is 3. The highest BCUT2D eigenvalue weighted by atomic mass is 16.5. The van der Waals surface area contributed by atoms with E-state index in [9.17, 15) is 4.79 Å². The molecule has 0 fully saturated rings. The van der Waals surface area contributed by atoms with Gasteiger partial charge in [-0.1, -0.05) is 39.8 Å². The van der Waals surface area contributed by atoms with Crippen LogP contribution in [0.15, 0.2) is 30.0 Å². The van der Waals surface area contributed by atoms with Crippen LogP contribution in [0, 0.1) is 0 Å². The van der Waals surface area contributed by atoms with Gasteiger partial charge >= 0.3 is 5.97 Å². The van der Waals surface area contributed by atoms with Crippen LogP contribution in [0.1, 0.15) is 33.3 Å². The van der Waals surface area contributed by atoms with Crippen molar-refractivity contribution in [2.24, 2.45) is 0 Å². The van der Waals surface area contributed by atoms with Gasteiger partial charge in [-0.25, -0.2) is 4.79 Å². The molecule has 21 heavy (non-hydrogen) atoms. The number of ether oxygens (including phenoxy) is 1. The van der Waals surface area contributed by atoms with E-state index in [2.05, 4.69) is 37.7 Å². The average Bonchev–Trinajstić information content (AvgIpc) is 2.36. The fourth-order valence-corrected chi connectivity index (χ4v) is 1.60. The van der Waals surface area contributed by atoms with Crippen LogP contribution >= 0.6 is 0 Å². The lowest BCUT2D eigenvalue weighted by molar-refractivity contribution is -0.135. The van der Waals surface area contributed by atoms with Gasteiger partial charge in [-0.15, -0.1) is 0 Å². The largest absolute Gasteiger partial charge is 0.508 e. The van der Waals surface area contributed by atoms with Gasteiger partial charge in [0, 0.05) is 12.1 Å². The SMILES string of the molecule is CC(C)NC(C)C.COC(=Cc1ccc(O)cc1)C(=O)O. The number of carbonyl (C=O) groups is 1. The molecule has 0 aromatic heterocycles. The van der Waals surface area contributed by atoms with Crippen LogP contribution < -0.4 is 5.32 Å². The first-order chi connectivity index (χ1) is 9.76. The van der Waals surface area contributed by atoms with Crippen molar-refractivity contribution in [3.63, 3.8) is 0 Å². The van der Waals surface area contributed by atoms with Gasteiger partial charge in [0.2, 0.25) is 5.76 Å². The molecule has 5 heteroatoms. The number of aliphatic carboxylic acids is 1. The summed E-state index contributed by atoms with van der Waals surface area (Å²) in [6.45, 7) is 8.61. The van der Waals surface area contributed by atoms with Crippen molar-refractivity contribution in [1.82, 2.24) is 5.32 Å². The monoisotopic (exact) mass is 295 g/mol. The lowest BCUT2D eigenvalue weighted by atomic mass is 10.2. The van der Waals surface area contributed by atoms with Crippen LogP contribution in [0.2, 0.25) is 0 Å². The average molecular weight is 295 g/mol. The van der Waals surface area contributed by atoms with E-state index in [1.807, 2.05) is 0 Å². The van der Waals surface area contributed by atoms with Crippen LogP contribution in [-0.4, -0.2) is 35.4 Å². The molecule has 1 aromatic carbocycles. The molecule has 0 aliphatic heterocycles. The first-order valence-electron chi connectivity index (χ1n) is 6.80. The number of carboxylic acid groups (broad SMARTS) is 1. The third-order valence-corrected chi connectivity index (χ3v) is 2.29. The summed E-state index contributed by atoms with van der Waals surface area (Å²) in [5.74, 6) is -1.13. The molecule has 1 aromatic rings. The summed E-state index contributed by atoms with van der Waals surface area (Å²) in [6.07, 6.45) is 1.38. The van der Waals surface area contributed by atoms with Gasteiger partial charge in [0.1, 0.15) is 5.75 Å². The Balaban J connectivity index is 0.000000486. The normalized spacial score (nSPS) is 11.1. The fourth-order valence-electron chi connectivity index (χ4n) is 1.60. The minimum absolute atomic E-state index is 0.136. The Bertz CT molecular complexity index is 444. The minimum atomic E-state index is -1.12. The van der Waals surface area contributed by atoms with Gasteiger partial charge in [0.05, 0.1) is 7.11 Å². The molecule has 3 N–H and O–H groups in total. The number of benzene rings is 1. The molecule has 0 aliphatic carbocycles. The maximum Gasteiger partial charge on any atom is 0.371 e. The van der Waals surface area contributed by atoms with E-state index in [0.717, 1.165) is 0 Å². The summed E-state index contributed by atoms with van der Waals surface area (Å²) in [6, 6.07) is 7.39. The van der Waals surface area contributed by atoms with Crippen LogP contribution in [0.4, 0.5) is 0 Å². The number of rotatable bonds is 5. The summed E-state index contributed by atoms with van der Waals surface area (Å²) in [5.41, 5.74) is 0.655. The number of phenols is 1. The van der Waals surface area contributed by atoms with Crippen molar-refractivity contribution in [2.75, 3.05) is 7.11 Å². The molecule has 0 atom stereocenters. The molecule has 0 spiro atoms. The molecule has 0 radical (unpaired) electrons. The van der Waals surface area contributed by atoms with Crippen molar-refractivity contribution < 1.29 is 19.7 Å². The number of aromatic hydroxyl groups is 1. The summed E-state index contributed by atoms with van der Waals surface area (Å²) < 4.78 is 4.64. The third-order valence-electron chi connectivity index (χ3n) is 2.29. The molecule has 0 saturated heterocycles. The van der Waals surface area contributed by atoms with E-state index in [1.165, 1.54) is 25.3 Å². The molecule has 118 valence electrons. The van der Waals surface area contributed by atoms with Crippen molar-refractivity contribution in [3.05, 3.63) is 35.6 Å². The minimum Gasteiger partial charge on any atom is -0.508 e. The molecule has 1 rings (SSSR count). The number of phenolic OH excluding ortho intramolecular Hbond substituents is 1. The summed E-state index contributed by atoms with van der Waals surface area (Å²) in [5, 5.41) is 20.9. The molecule has 0 bridgehead atoms. The zero-order chi connectivity index (χ0) is 16.4. The molecule has 0 heterocycles. The Morgan fingerprint density at radius 2 is 1.62 bits per heavy atom. The lowest BCUT2D eigenvalue weighted by Crippen LogP contribution is -2.29. The van der Waals surface area contributed by atoms with Crippen LogP contribution in [0.5, 0.6) is 5.75 Å². The predicted molar refractivity (Wildman–Crippen MR) is 84.1 cm³/mol. The zero-order valence-electron chi connectivity index (χ0n) is 13.3. The molecular formula is C16H25NO4. The number of nitrogens with one attached hydrogen (secondary N) is 1. The summed E-state index contributed by atoms with van der Waals surface area (Å²) in [7, 11) is 1.29. The number of hydrogen-bond acceptors (Lipinski definition) is 4. The quantitative estimate of drug-likeness (QED) is 0.575. The van der Waals surface area contributed by atoms with Gasteiger partial charge in [0.25, 0.3) is 0 Å². The van der Waals surface area contributed by atoms with Crippen molar-refractivity contribution >= 4 is 12.0 Å². The highest BCUT2D eigenvalue weighted by molar-refractivity contribution is 5.89. The van der Waals surface area contributed by atoms with E-state index in [-0.39, 0.29) is 11.5 Å². The van der Waals surface area contributed by atoms with E-state index < -0.39 is 5.97 Å². The van der Waals surface area contributed by atoms with Crippen LogP contribution in [-0.2, 0) is 9.53 Å². The first-order valence-corrected chi connectivity index (χ1v) is 6.80. The highest BCUT2D eigenvalue weighted by Gasteiger charge is 2.05. The molecule has 0 saturated carbocycles. The lowest BCUT2D eigenvalue weighted by Gasteiger charge is -2.10. The Morgan fingerprint density at radius 3 is 1.90 bits per heavy atom. The Morgan fingerprint density at radius 1 is 1.14 bits per heavy atom. The second-order valence-corrected chi connectivity index (χ2v) is 5.09. The predicted octanol–water partition coefficient (Wildman–Crippen LogP) is 2.86. The van der Waals surface area contributed by atoms with Crippen LogP contribution in [0.3, 0.4) is 0 Å². The Labute approximate surface area is 126 Å². The topological polar surface area (TPSA) is 78.8 Å². The molecular weight excluding hydrogens is 270 g/mol. The van der Waals surface area contributed by atoms with Crippen molar-refractivity contribution in [2.45, 2.75) is 39.8 Å². The molecule has 5 nitrogen and oxygen atoms in total. The third kappa shape index (κ3) is 9.51. The van der Waals surface area contributed by atoms with Gasteiger partial charge < -0.3 is 20.3 Å². The maximum absolute atomic E-state index is 10.6. The summed E-state index contributed by atoms with van der Waals surface area (Å²) >= 11 is 0. The Kier molecular flexibility index (Phi) is 8.88. The van der Waals surface area contributed by atoms with Crippen molar-refractivity contribution in [1.29, 1.82) is 0 Å². The van der Waals surface area contributed by atoms with Crippen LogP contribution in [0.25, 0.3) is 6.08 Å². The number of methoxy groups -OCH3 is 1. The van der Waals surface area contributed by atoms with Gasteiger partial charge in [-0.3, -0.25) is 0 Å². The van der Waals surface area contributed by atoms with E-state index in [0.29, 0.717) is 17.6 Å². The zero-order valence-corrected chi connectivity index (χ0v) is 13.3. The highest BCUT2D eigenvalue weighted by Crippen LogP contribution is 2.12. The standard InChI is InChI=1S/C10H10O4.C6H15N/c1-14-9(10(12)13)6-7-2-4-8(11)5-3-7;1-5(2)7-6(3)4/h2-6,11H,1H3,(H,12,13);5-7H,1-4H3. The second-order valence-electron chi connectivity index (χ2n) is 5.09. The molecule has 0 amide bonds. The smallest absolute Gasteiger partial charge is 0.371 e. The van der Waals surface area contributed by atoms with E-state index in [1.54, 1.807) is 12.1 Å². The number of carboxylic acids is 1. The summed E-state index contributed by atoms with van der Waals surface area (Å²) in [4.78, 5) is 10.6. The maximum atomic E-state index is 10.6. The molecule has 0 aliphatic rings.